The summed E-state index contributed by atoms with van der Waals surface area (Å²) in [5.41, 5.74) is 0. The summed E-state index contributed by atoms with van der Waals surface area (Å²) in [5, 5.41) is 8.86. The van der Waals surface area contributed by atoms with Gasteiger partial charge in [-0.1, -0.05) is 25.7 Å². The molecule has 0 radical (unpaired) electrons. The summed E-state index contributed by atoms with van der Waals surface area (Å²) in [5.74, 6) is 0.930. The molecule has 1 N–H and O–H groups in total. The molecule has 3 unspecified atom stereocenters. The van der Waals surface area contributed by atoms with E-state index in [2.05, 4.69) is 0 Å². The van der Waals surface area contributed by atoms with Gasteiger partial charge in [-0.15, -0.1) is 0 Å². The van der Waals surface area contributed by atoms with E-state index in [0.29, 0.717) is 13.1 Å². The third-order valence-electron chi connectivity index (χ3n) is 5.43. The number of rotatable bonds is 2. The molecule has 3 rings (SSSR count). The number of nitrogens with zero attached hydrogens (tertiary/aromatic N) is 1. The molecular weight excluding hydrogens is 242 g/mol. The molecule has 3 atom stereocenters. The van der Waals surface area contributed by atoms with Gasteiger partial charge in [0.25, 0.3) is 0 Å². The summed E-state index contributed by atoms with van der Waals surface area (Å²) >= 11 is 0. The van der Waals surface area contributed by atoms with Crippen LogP contribution in [-0.4, -0.2) is 35.0 Å². The minimum atomic E-state index is -0.764. The molecule has 1 saturated heterocycles. The van der Waals surface area contributed by atoms with Crippen molar-refractivity contribution < 1.29 is 14.7 Å². The highest BCUT2D eigenvalue weighted by Gasteiger charge is 2.41. The molecule has 0 bridgehead atoms. The summed E-state index contributed by atoms with van der Waals surface area (Å²) in [7, 11) is 0. The zero-order chi connectivity index (χ0) is 13.4. The van der Waals surface area contributed by atoms with Crippen molar-refractivity contribution in [3.8, 4) is 0 Å². The molecule has 4 nitrogen and oxygen atoms in total. The van der Waals surface area contributed by atoms with E-state index in [1.807, 2.05) is 0 Å². The van der Waals surface area contributed by atoms with Gasteiger partial charge < -0.3 is 10.0 Å². The monoisotopic (exact) mass is 265 g/mol. The predicted molar refractivity (Wildman–Crippen MR) is 70.5 cm³/mol. The summed E-state index contributed by atoms with van der Waals surface area (Å²) in [6.45, 7) is 0.859. The van der Waals surface area contributed by atoms with Crippen LogP contribution in [0.1, 0.15) is 44.9 Å². The highest BCUT2D eigenvalue weighted by molar-refractivity contribution is 5.82. The van der Waals surface area contributed by atoms with Crippen LogP contribution in [0.15, 0.2) is 0 Å². The zero-order valence-corrected chi connectivity index (χ0v) is 11.4. The van der Waals surface area contributed by atoms with Gasteiger partial charge in [0.2, 0.25) is 5.91 Å². The van der Waals surface area contributed by atoms with Crippen molar-refractivity contribution in [3.63, 3.8) is 0 Å². The van der Waals surface area contributed by atoms with Crippen LogP contribution in [0.25, 0.3) is 0 Å². The Morgan fingerprint density at radius 3 is 2.26 bits per heavy atom. The second-order valence-corrected chi connectivity index (χ2v) is 6.59. The molecule has 0 spiro atoms. The average Bonchev–Trinajstić information content (AvgIpc) is 2.35. The van der Waals surface area contributed by atoms with E-state index in [1.54, 1.807) is 4.90 Å². The Morgan fingerprint density at radius 2 is 1.58 bits per heavy atom. The molecule has 2 aliphatic carbocycles. The summed E-state index contributed by atoms with van der Waals surface area (Å²) in [6.07, 6.45) is 8.63. The SMILES string of the molecule is O=C(O)C1CN(C(=O)C2CCC3CCCCC3C2)C1. The first-order valence-corrected chi connectivity index (χ1v) is 7.66. The summed E-state index contributed by atoms with van der Waals surface area (Å²) in [4.78, 5) is 24.9. The van der Waals surface area contributed by atoms with Crippen molar-refractivity contribution >= 4 is 11.9 Å². The van der Waals surface area contributed by atoms with Crippen LogP contribution < -0.4 is 0 Å². The molecule has 19 heavy (non-hydrogen) atoms. The molecule has 106 valence electrons. The lowest BCUT2D eigenvalue weighted by Gasteiger charge is -2.43. The van der Waals surface area contributed by atoms with E-state index >= 15 is 0 Å². The standard InChI is InChI=1S/C15H23NO3/c17-14(16-8-13(9-16)15(18)19)12-6-5-10-3-1-2-4-11(10)7-12/h10-13H,1-9H2,(H,18,19). The van der Waals surface area contributed by atoms with Crippen molar-refractivity contribution in [2.24, 2.45) is 23.7 Å². The largest absolute Gasteiger partial charge is 0.481 e. The number of carbonyl (C=O) groups excluding carboxylic acids is 1. The van der Waals surface area contributed by atoms with E-state index in [-0.39, 0.29) is 17.7 Å². The number of carboxylic acid groups (broad SMARTS) is 1. The lowest BCUT2D eigenvalue weighted by atomic mass is 9.67. The maximum absolute atomic E-state index is 12.4. The number of carbonyl (C=O) groups is 2. The Bertz CT molecular complexity index is 376. The van der Waals surface area contributed by atoms with E-state index in [0.717, 1.165) is 24.7 Å². The minimum Gasteiger partial charge on any atom is -0.481 e. The zero-order valence-electron chi connectivity index (χ0n) is 11.4. The number of hydrogen-bond acceptors (Lipinski definition) is 2. The number of likely N-dealkylation sites (tertiary alicyclic amines) is 1. The van der Waals surface area contributed by atoms with Gasteiger partial charge in [-0.2, -0.15) is 0 Å². The van der Waals surface area contributed by atoms with Gasteiger partial charge >= 0.3 is 5.97 Å². The normalized spacial score (nSPS) is 35.4. The second-order valence-electron chi connectivity index (χ2n) is 6.59. The van der Waals surface area contributed by atoms with Crippen LogP contribution in [0.4, 0.5) is 0 Å². The molecule has 0 aromatic heterocycles. The summed E-state index contributed by atoms with van der Waals surface area (Å²) < 4.78 is 0. The smallest absolute Gasteiger partial charge is 0.310 e. The molecule has 2 saturated carbocycles. The lowest BCUT2D eigenvalue weighted by molar-refractivity contribution is -0.155. The molecule has 3 aliphatic rings. The fourth-order valence-corrected chi connectivity index (χ4v) is 4.17. The van der Waals surface area contributed by atoms with Gasteiger partial charge in [0.05, 0.1) is 5.92 Å². The van der Waals surface area contributed by atoms with Crippen LogP contribution >= 0.6 is 0 Å². The second kappa shape index (κ2) is 5.14. The van der Waals surface area contributed by atoms with Gasteiger partial charge in [0, 0.05) is 19.0 Å². The van der Waals surface area contributed by atoms with E-state index < -0.39 is 5.97 Å². The molecule has 0 aromatic rings. The van der Waals surface area contributed by atoms with Gasteiger partial charge in [-0.25, -0.2) is 0 Å². The van der Waals surface area contributed by atoms with Gasteiger partial charge in [0.15, 0.2) is 0 Å². The predicted octanol–water partition coefficient (Wildman–Crippen LogP) is 2.14. The van der Waals surface area contributed by atoms with Crippen molar-refractivity contribution in [2.45, 2.75) is 44.9 Å². The van der Waals surface area contributed by atoms with Gasteiger partial charge in [-0.05, 0) is 31.1 Å². The average molecular weight is 265 g/mol. The van der Waals surface area contributed by atoms with Gasteiger partial charge in [-0.3, -0.25) is 9.59 Å². The van der Waals surface area contributed by atoms with Crippen LogP contribution in [0.3, 0.4) is 0 Å². The Morgan fingerprint density at radius 1 is 0.895 bits per heavy atom. The topological polar surface area (TPSA) is 57.6 Å². The van der Waals surface area contributed by atoms with Crippen molar-refractivity contribution in [3.05, 3.63) is 0 Å². The quantitative estimate of drug-likeness (QED) is 0.832. The summed E-state index contributed by atoms with van der Waals surface area (Å²) in [6, 6.07) is 0. The first-order valence-electron chi connectivity index (χ1n) is 7.66. The number of carboxylic acids is 1. The Kier molecular flexibility index (Phi) is 3.50. The highest BCUT2D eigenvalue weighted by Crippen LogP contribution is 2.43. The molecule has 3 fully saturated rings. The Hall–Kier alpha value is -1.06. The van der Waals surface area contributed by atoms with E-state index in [1.165, 1.54) is 32.1 Å². The maximum Gasteiger partial charge on any atom is 0.310 e. The Balaban J connectivity index is 1.53. The fraction of sp³-hybridized carbons (Fsp3) is 0.867. The molecule has 1 amide bonds. The number of hydrogen-bond donors (Lipinski definition) is 1. The lowest BCUT2D eigenvalue weighted by Crippen LogP contribution is -2.55. The highest BCUT2D eigenvalue weighted by atomic mass is 16.4. The molecular formula is C15H23NO3. The molecule has 1 aliphatic heterocycles. The number of amides is 1. The van der Waals surface area contributed by atoms with Crippen LogP contribution in [0.2, 0.25) is 0 Å². The van der Waals surface area contributed by atoms with Crippen LogP contribution in [0, 0.1) is 23.7 Å². The van der Waals surface area contributed by atoms with Crippen LogP contribution in [-0.2, 0) is 9.59 Å². The molecule has 4 heteroatoms. The van der Waals surface area contributed by atoms with Crippen LogP contribution in [0.5, 0.6) is 0 Å². The first-order chi connectivity index (χ1) is 9.15. The minimum absolute atomic E-state index is 0.175. The maximum atomic E-state index is 12.4. The first kappa shape index (κ1) is 12.9. The van der Waals surface area contributed by atoms with Gasteiger partial charge in [0.1, 0.15) is 0 Å². The Labute approximate surface area is 114 Å². The third kappa shape index (κ3) is 2.49. The van der Waals surface area contributed by atoms with E-state index in [4.69, 9.17) is 5.11 Å². The van der Waals surface area contributed by atoms with Crippen molar-refractivity contribution in [1.29, 1.82) is 0 Å². The third-order valence-corrected chi connectivity index (χ3v) is 5.43. The molecule has 1 heterocycles. The molecule has 0 aromatic carbocycles. The van der Waals surface area contributed by atoms with E-state index in [9.17, 15) is 9.59 Å². The number of fused-ring (bicyclic) bond motifs is 1. The fourth-order valence-electron chi connectivity index (χ4n) is 4.17. The van der Waals surface area contributed by atoms with Crippen molar-refractivity contribution in [2.75, 3.05) is 13.1 Å². The van der Waals surface area contributed by atoms with Crippen molar-refractivity contribution in [1.82, 2.24) is 4.90 Å². The number of aliphatic carboxylic acids is 1.